The smallest absolute Gasteiger partial charge is 0.387 e. The summed E-state index contributed by atoms with van der Waals surface area (Å²) in [6.07, 6.45) is 0.136. The number of halogens is 2. The van der Waals surface area contributed by atoms with Crippen LogP contribution in [0, 0.1) is 0 Å². The van der Waals surface area contributed by atoms with Crippen molar-refractivity contribution >= 4 is 24.2 Å². The first kappa shape index (κ1) is 15.3. The lowest BCUT2D eigenvalue weighted by Crippen LogP contribution is -2.15. The molecule has 0 aliphatic carbocycles. The quantitative estimate of drug-likeness (QED) is 0.825. The topological polar surface area (TPSA) is 38.3 Å². The molecule has 0 saturated carbocycles. The number of anilines is 1. The first-order valence-corrected chi connectivity index (χ1v) is 6.61. The fraction of sp³-hybridized carbons (Fsp3) is 0.133. The zero-order chi connectivity index (χ0) is 15.2. The molecule has 0 bridgehead atoms. The van der Waals surface area contributed by atoms with Gasteiger partial charge in [0, 0.05) is 4.90 Å². The first-order chi connectivity index (χ1) is 10.0. The van der Waals surface area contributed by atoms with Gasteiger partial charge in [0.25, 0.3) is 0 Å². The third-order valence-corrected chi connectivity index (χ3v) is 2.98. The number of benzene rings is 2. The van der Waals surface area contributed by atoms with Crippen LogP contribution in [0.1, 0.15) is 5.56 Å². The Labute approximate surface area is 126 Å². The maximum absolute atomic E-state index is 12.3. The lowest BCUT2D eigenvalue weighted by Gasteiger charge is -2.11. The summed E-state index contributed by atoms with van der Waals surface area (Å²) >= 11 is 4.16. The Bertz CT molecular complexity index is 617. The van der Waals surface area contributed by atoms with Gasteiger partial charge in [0.2, 0.25) is 5.91 Å². The lowest BCUT2D eigenvalue weighted by molar-refractivity contribution is -0.115. The number of carbonyl (C=O) groups is 1. The van der Waals surface area contributed by atoms with Gasteiger partial charge < -0.3 is 10.1 Å². The Kier molecular flexibility index (Phi) is 5.16. The number of para-hydroxylation sites is 2. The van der Waals surface area contributed by atoms with Crippen molar-refractivity contribution in [3.05, 3.63) is 54.1 Å². The Balaban J connectivity index is 2.04. The van der Waals surface area contributed by atoms with Crippen molar-refractivity contribution < 1.29 is 18.3 Å². The van der Waals surface area contributed by atoms with Gasteiger partial charge in [0.1, 0.15) is 5.75 Å². The Morgan fingerprint density at radius 3 is 2.48 bits per heavy atom. The molecule has 110 valence electrons. The van der Waals surface area contributed by atoms with E-state index in [1.807, 2.05) is 0 Å². The third-order valence-electron chi connectivity index (χ3n) is 2.68. The summed E-state index contributed by atoms with van der Waals surface area (Å²) in [4.78, 5) is 12.7. The van der Waals surface area contributed by atoms with Crippen molar-refractivity contribution in [3.8, 4) is 5.75 Å². The van der Waals surface area contributed by atoms with Gasteiger partial charge in [-0.3, -0.25) is 4.79 Å². The van der Waals surface area contributed by atoms with E-state index >= 15 is 0 Å². The number of hydrogen-bond acceptors (Lipinski definition) is 3. The number of rotatable bonds is 5. The van der Waals surface area contributed by atoms with E-state index in [0.29, 0.717) is 0 Å². The van der Waals surface area contributed by atoms with Crippen molar-refractivity contribution in [2.75, 3.05) is 5.32 Å². The maximum atomic E-state index is 12.3. The van der Waals surface area contributed by atoms with Crippen LogP contribution in [-0.4, -0.2) is 12.5 Å². The van der Waals surface area contributed by atoms with E-state index in [1.165, 1.54) is 12.1 Å². The fourth-order valence-corrected chi connectivity index (χ4v) is 1.91. The van der Waals surface area contributed by atoms with Crippen LogP contribution >= 0.6 is 12.6 Å². The average molecular weight is 309 g/mol. The van der Waals surface area contributed by atoms with Crippen LogP contribution in [0.5, 0.6) is 5.75 Å². The summed E-state index contributed by atoms with van der Waals surface area (Å²) in [5.41, 5.74) is 1.02. The molecule has 0 radical (unpaired) electrons. The van der Waals surface area contributed by atoms with Gasteiger partial charge in [0.15, 0.2) is 0 Å². The first-order valence-electron chi connectivity index (χ1n) is 6.16. The minimum Gasteiger partial charge on any atom is -0.433 e. The Morgan fingerprint density at radius 1 is 1.14 bits per heavy atom. The third kappa shape index (κ3) is 4.75. The highest BCUT2D eigenvalue weighted by atomic mass is 32.1. The summed E-state index contributed by atoms with van der Waals surface area (Å²) in [5, 5.41) is 2.56. The zero-order valence-corrected chi connectivity index (χ0v) is 11.8. The molecule has 0 spiro atoms. The molecule has 1 N–H and O–H groups in total. The molecule has 2 aromatic rings. The van der Waals surface area contributed by atoms with Crippen molar-refractivity contribution in [2.24, 2.45) is 0 Å². The van der Waals surface area contributed by atoms with Crippen LogP contribution in [0.4, 0.5) is 14.5 Å². The van der Waals surface area contributed by atoms with Gasteiger partial charge in [0.05, 0.1) is 12.1 Å². The minimum atomic E-state index is -2.94. The van der Waals surface area contributed by atoms with Gasteiger partial charge in [-0.2, -0.15) is 8.78 Å². The molecule has 0 unspecified atom stereocenters. The molecule has 0 heterocycles. The number of carbonyl (C=O) groups excluding carboxylic acids is 1. The molecule has 21 heavy (non-hydrogen) atoms. The van der Waals surface area contributed by atoms with Gasteiger partial charge in [-0.05, 0) is 29.8 Å². The van der Waals surface area contributed by atoms with Gasteiger partial charge in [-0.25, -0.2) is 0 Å². The van der Waals surface area contributed by atoms with E-state index in [1.54, 1.807) is 36.4 Å². The second-order valence-electron chi connectivity index (χ2n) is 4.27. The molecule has 0 aromatic heterocycles. The molecular formula is C15H13F2NO2S. The fourth-order valence-electron chi connectivity index (χ4n) is 1.76. The van der Waals surface area contributed by atoms with E-state index < -0.39 is 6.61 Å². The van der Waals surface area contributed by atoms with E-state index in [-0.39, 0.29) is 23.8 Å². The van der Waals surface area contributed by atoms with E-state index in [0.717, 1.165) is 10.5 Å². The number of amides is 1. The highest BCUT2D eigenvalue weighted by molar-refractivity contribution is 7.80. The van der Waals surface area contributed by atoms with E-state index in [9.17, 15) is 13.6 Å². The minimum absolute atomic E-state index is 0.0634. The Hall–Kier alpha value is -2.08. The molecule has 0 saturated heterocycles. The molecule has 2 rings (SSSR count). The van der Waals surface area contributed by atoms with Crippen LogP contribution in [0.15, 0.2) is 53.4 Å². The van der Waals surface area contributed by atoms with Gasteiger partial charge in [-0.15, -0.1) is 12.6 Å². The molecule has 0 aliphatic rings. The van der Waals surface area contributed by atoms with Crippen LogP contribution in [0.3, 0.4) is 0 Å². The summed E-state index contributed by atoms with van der Waals surface area (Å²) in [7, 11) is 0. The second-order valence-corrected chi connectivity index (χ2v) is 4.78. The van der Waals surface area contributed by atoms with Crippen LogP contribution < -0.4 is 10.1 Å². The van der Waals surface area contributed by atoms with Gasteiger partial charge >= 0.3 is 6.61 Å². The lowest BCUT2D eigenvalue weighted by atomic mass is 10.1. The second kappa shape index (κ2) is 7.08. The van der Waals surface area contributed by atoms with Crippen LogP contribution in [0.2, 0.25) is 0 Å². The number of alkyl halides is 2. The normalized spacial score (nSPS) is 10.5. The van der Waals surface area contributed by atoms with Crippen LogP contribution in [-0.2, 0) is 11.2 Å². The van der Waals surface area contributed by atoms with Crippen molar-refractivity contribution in [2.45, 2.75) is 17.9 Å². The molecule has 3 nitrogen and oxygen atoms in total. The molecule has 1 amide bonds. The molecule has 0 atom stereocenters. The summed E-state index contributed by atoms with van der Waals surface area (Å²) in [6.45, 7) is -2.94. The predicted molar refractivity (Wildman–Crippen MR) is 79.1 cm³/mol. The van der Waals surface area contributed by atoms with E-state index in [4.69, 9.17) is 0 Å². The number of hydrogen-bond donors (Lipinski definition) is 2. The summed E-state index contributed by atoms with van der Waals surface area (Å²) < 4.78 is 28.9. The molecular weight excluding hydrogens is 296 g/mol. The molecule has 2 aromatic carbocycles. The van der Waals surface area contributed by atoms with Crippen molar-refractivity contribution in [1.29, 1.82) is 0 Å². The highest BCUT2D eigenvalue weighted by Crippen LogP contribution is 2.25. The largest absolute Gasteiger partial charge is 0.433 e. The molecule has 0 aliphatic heterocycles. The number of nitrogens with one attached hydrogen (secondary N) is 1. The van der Waals surface area contributed by atoms with Gasteiger partial charge in [-0.1, -0.05) is 24.3 Å². The molecule has 0 fully saturated rings. The SMILES string of the molecule is O=C(Cc1ccc(S)cc1)Nc1ccccc1OC(F)F. The predicted octanol–water partition coefficient (Wildman–Crippen LogP) is 3.76. The maximum Gasteiger partial charge on any atom is 0.387 e. The summed E-state index contributed by atoms with van der Waals surface area (Å²) in [5.74, 6) is -0.376. The molecule has 6 heteroatoms. The number of thiol groups is 1. The highest BCUT2D eigenvalue weighted by Gasteiger charge is 2.11. The standard InChI is InChI=1S/C15H13F2NO2S/c16-15(17)20-13-4-2-1-3-12(13)18-14(19)9-10-5-7-11(21)8-6-10/h1-8,15,21H,9H2,(H,18,19). The van der Waals surface area contributed by atoms with E-state index in [2.05, 4.69) is 22.7 Å². The Morgan fingerprint density at radius 2 is 1.81 bits per heavy atom. The van der Waals surface area contributed by atoms with Crippen molar-refractivity contribution in [1.82, 2.24) is 0 Å². The zero-order valence-electron chi connectivity index (χ0n) is 10.9. The summed E-state index contributed by atoms with van der Waals surface area (Å²) in [6, 6.07) is 13.2. The average Bonchev–Trinajstić information content (AvgIpc) is 2.43. The number of ether oxygens (including phenoxy) is 1. The van der Waals surface area contributed by atoms with Crippen molar-refractivity contribution in [3.63, 3.8) is 0 Å². The van der Waals surface area contributed by atoms with Crippen LogP contribution in [0.25, 0.3) is 0 Å². The monoisotopic (exact) mass is 309 g/mol.